The lowest BCUT2D eigenvalue weighted by atomic mass is 10.1. The number of aliphatic hydroxyl groups is 2. The Bertz CT molecular complexity index is 513. The van der Waals surface area contributed by atoms with Crippen LogP contribution >= 0.6 is 0 Å². The molecule has 0 heterocycles. The van der Waals surface area contributed by atoms with Gasteiger partial charge in [-0.25, -0.2) is 0 Å². The first-order valence-corrected chi connectivity index (χ1v) is 13.7. The molecule has 192 valence electrons. The number of amides is 1. The molecule has 0 aliphatic carbocycles. The van der Waals surface area contributed by atoms with Crippen molar-refractivity contribution in [2.24, 2.45) is 0 Å². The molecule has 0 fully saturated rings. The molecule has 2 atom stereocenters. The minimum atomic E-state index is -0.860. The van der Waals surface area contributed by atoms with Crippen molar-refractivity contribution in [3.05, 3.63) is 36.5 Å². The molecule has 0 aromatic heterocycles. The fourth-order valence-electron chi connectivity index (χ4n) is 3.64. The first-order chi connectivity index (χ1) is 16.2. The molecular weight excluding hydrogens is 410 g/mol. The zero-order valence-electron chi connectivity index (χ0n) is 21.6. The Morgan fingerprint density at radius 1 is 0.697 bits per heavy atom. The van der Waals surface area contributed by atoms with E-state index in [1.165, 1.54) is 57.8 Å². The quantitative estimate of drug-likeness (QED) is 0.111. The van der Waals surface area contributed by atoms with E-state index in [9.17, 15) is 15.0 Å². The van der Waals surface area contributed by atoms with Crippen LogP contribution in [0, 0.1) is 0 Å². The van der Waals surface area contributed by atoms with E-state index in [-0.39, 0.29) is 12.5 Å². The second-order valence-electron chi connectivity index (χ2n) is 9.09. The molecule has 0 aromatic carbocycles. The molecule has 33 heavy (non-hydrogen) atoms. The predicted octanol–water partition coefficient (Wildman–Crippen LogP) is 7.16. The van der Waals surface area contributed by atoms with Crippen molar-refractivity contribution in [2.75, 3.05) is 6.61 Å². The van der Waals surface area contributed by atoms with E-state index >= 15 is 0 Å². The minimum absolute atomic E-state index is 0.0946. The Morgan fingerprint density at radius 2 is 1.21 bits per heavy atom. The predicted molar refractivity (Wildman–Crippen MR) is 142 cm³/mol. The third-order valence-electron chi connectivity index (χ3n) is 5.85. The van der Waals surface area contributed by atoms with Crippen molar-refractivity contribution in [1.82, 2.24) is 5.32 Å². The van der Waals surface area contributed by atoms with E-state index in [1.54, 1.807) is 6.08 Å². The number of rotatable bonds is 23. The first kappa shape index (κ1) is 31.6. The van der Waals surface area contributed by atoms with Gasteiger partial charge in [0, 0.05) is 6.42 Å². The first-order valence-electron chi connectivity index (χ1n) is 13.7. The highest BCUT2D eigenvalue weighted by atomic mass is 16.3. The van der Waals surface area contributed by atoms with Gasteiger partial charge in [-0.05, 0) is 51.4 Å². The summed E-state index contributed by atoms with van der Waals surface area (Å²) in [5.41, 5.74) is 0. The molecule has 0 rings (SSSR count). The second-order valence-corrected chi connectivity index (χ2v) is 9.09. The fraction of sp³-hybridized carbons (Fsp3) is 0.759. The van der Waals surface area contributed by atoms with Crippen LogP contribution in [0.1, 0.15) is 123 Å². The summed E-state index contributed by atoms with van der Waals surface area (Å²) in [6.07, 6.45) is 30.7. The summed E-state index contributed by atoms with van der Waals surface area (Å²) in [5, 5.41) is 22.6. The van der Waals surface area contributed by atoms with Gasteiger partial charge < -0.3 is 15.5 Å². The summed E-state index contributed by atoms with van der Waals surface area (Å²) in [6.45, 7) is 4.18. The molecule has 0 radical (unpaired) electrons. The molecule has 0 spiro atoms. The van der Waals surface area contributed by atoms with Gasteiger partial charge in [-0.1, -0.05) is 102 Å². The summed E-state index contributed by atoms with van der Waals surface area (Å²) >= 11 is 0. The largest absolute Gasteiger partial charge is 0.394 e. The van der Waals surface area contributed by atoms with Crippen LogP contribution in [0.25, 0.3) is 0 Å². The zero-order valence-corrected chi connectivity index (χ0v) is 21.6. The van der Waals surface area contributed by atoms with Gasteiger partial charge in [0.2, 0.25) is 5.91 Å². The van der Waals surface area contributed by atoms with Gasteiger partial charge in [0.05, 0.1) is 18.8 Å². The van der Waals surface area contributed by atoms with Crippen LogP contribution in [0.4, 0.5) is 0 Å². The molecule has 4 heteroatoms. The fourth-order valence-corrected chi connectivity index (χ4v) is 3.64. The van der Waals surface area contributed by atoms with Crippen molar-refractivity contribution >= 4 is 5.91 Å². The van der Waals surface area contributed by atoms with Crippen molar-refractivity contribution < 1.29 is 15.0 Å². The Morgan fingerprint density at radius 3 is 1.82 bits per heavy atom. The van der Waals surface area contributed by atoms with Crippen LogP contribution in [0.3, 0.4) is 0 Å². The third-order valence-corrected chi connectivity index (χ3v) is 5.85. The minimum Gasteiger partial charge on any atom is -0.394 e. The normalized spacial score (nSPS) is 13.9. The molecule has 0 aliphatic heterocycles. The van der Waals surface area contributed by atoms with Crippen LogP contribution in [0.15, 0.2) is 36.5 Å². The molecule has 3 N–H and O–H groups in total. The lowest BCUT2D eigenvalue weighted by Crippen LogP contribution is -2.45. The molecule has 0 saturated heterocycles. The van der Waals surface area contributed by atoms with Crippen LogP contribution in [0.2, 0.25) is 0 Å². The van der Waals surface area contributed by atoms with Gasteiger partial charge in [-0.15, -0.1) is 0 Å². The summed E-state index contributed by atoms with van der Waals surface area (Å²) < 4.78 is 0. The van der Waals surface area contributed by atoms with Crippen molar-refractivity contribution in [1.29, 1.82) is 0 Å². The summed E-state index contributed by atoms with van der Waals surface area (Å²) in [4.78, 5) is 12.1. The number of hydrogen-bond donors (Lipinski definition) is 3. The maximum absolute atomic E-state index is 12.1. The van der Waals surface area contributed by atoms with Crippen LogP contribution in [-0.2, 0) is 4.79 Å². The highest BCUT2D eigenvalue weighted by molar-refractivity contribution is 5.76. The Labute approximate surface area is 204 Å². The van der Waals surface area contributed by atoms with Crippen molar-refractivity contribution in [3.63, 3.8) is 0 Å². The number of carbonyl (C=O) groups is 1. The van der Waals surface area contributed by atoms with Crippen LogP contribution in [0.5, 0.6) is 0 Å². The van der Waals surface area contributed by atoms with Crippen LogP contribution < -0.4 is 5.32 Å². The average molecular weight is 464 g/mol. The number of allylic oxidation sites excluding steroid dienone is 5. The molecule has 1 amide bonds. The van der Waals surface area contributed by atoms with Gasteiger partial charge in [0.15, 0.2) is 0 Å². The van der Waals surface area contributed by atoms with E-state index in [4.69, 9.17) is 0 Å². The topological polar surface area (TPSA) is 69.6 Å². The standard InChI is InChI=1S/C29H53NO3/c1-3-5-7-9-11-13-15-16-18-20-22-24-28(32)27(26-31)30-29(33)25-23-21-19-17-14-12-10-8-6-4-2/h10,12,15-16,22,24,27-28,31-32H,3-9,11,13-14,17-21,23,25-26H2,1-2H3,(H,30,33)/b12-10-,16-15+,24-22+. The number of nitrogens with one attached hydrogen (secondary N) is 1. The SMILES string of the molecule is CCCC/C=C\CCCCCCC(=O)NC(CO)C(O)/C=C/CC/C=C/CCCCCCC. The third kappa shape index (κ3) is 22.2. The molecular formula is C29H53NO3. The Balaban J connectivity index is 3.83. The maximum atomic E-state index is 12.1. The lowest BCUT2D eigenvalue weighted by Gasteiger charge is -2.19. The average Bonchev–Trinajstić information content (AvgIpc) is 2.82. The van der Waals surface area contributed by atoms with E-state index < -0.39 is 12.1 Å². The van der Waals surface area contributed by atoms with E-state index in [0.717, 1.165) is 44.9 Å². The summed E-state index contributed by atoms with van der Waals surface area (Å²) in [6, 6.07) is -0.638. The number of carbonyl (C=O) groups excluding carboxylic acids is 1. The molecule has 4 nitrogen and oxygen atoms in total. The number of unbranched alkanes of at least 4 members (excludes halogenated alkanes) is 12. The van der Waals surface area contributed by atoms with Crippen molar-refractivity contribution in [3.8, 4) is 0 Å². The molecule has 0 aliphatic rings. The van der Waals surface area contributed by atoms with E-state index in [0.29, 0.717) is 6.42 Å². The van der Waals surface area contributed by atoms with Gasteiger partial charge in [-0.3, -0.25) is 4.79 Å². The molecule has 0 aromatic rings. The lowest BCUT2D eigenvalue weighted by molar-refractivity contribution is -0.123. The highest BCUT2D eigenvalue weighted by Gasteiger charge is 2.17. The van der Waals surface area contributed by atoms with E-state index in [1.807, 2.05) is 6.08 Å². The van der Waals surface area contributed by atoms with Gasteiger partial charge in [0.1, 0.15) is 0 Å². The second kappa shape index (κ2) is 25.2. The number of hydrogen-bond acceptors (Lipinski definition) is 3. The van der Waals surface area contributed by atoms with Gasteiger partial charge in [0.25, 0.3) is 0 Å². The highest BCUT2D eigenvalue weighted by Crippen LogP contribution is 2.08. The number of aliphatic hydroxyl groups excluding tert-OH is 2. The zero-order chi connectivity index (χ0) is 24.4. The van der Waals surface area contributed by atoms with E-state index in [2.05, 4.69) is 43.5 Å². The molecule has 0 bridgehead atoms. The van der Waals surface area contributed by atoms with Gasteiger partial charge in [-0.2, -0.15) is 0 Å². The molecule has 2 unspecified atom stereocenters. The Kier molecular flexibility index (Phi) is 24.2. The van der Waals surface area contributed by atoms with Gasteiger partial charge >= 0.3 is 0 Å². The summed E-state index contributed by atoms with van der Waals surface area (Å²) in [5.74, 6) is -0.0946. The van der Waals surface area contributed by atoms with Crippen LogP contribution in [-0.4, -0.2) is 34.9 Å². The van der Waals surface area contributed by atoms with Crippen molar-refractivity contribution in [2.45, 2.75) is 135 Å². The summed E-state index contributed by atoms with van der Waals surface area (Å²) in [7, 11) is 0. The smallest absolute Gasteiger partial charge is 0.220 e. The molecule has 0 saturated carbocycles. The Hall–Kier alpha value is -1.39. The maximum Gasteiger partial charge on any atom is 0.220 e. The monoisotopic (exact) mass is 463 g/mol.